The molecule has 0 radical (unpaired) electrons. The normalized spacial score (nSPS) is 12.1. The Bertz CT molecular complexity index is 1190. The lowest BCUT2D eigenvalue weighted by molar-refractivity contribution is -0.139. The predicted octanol–water partition coefficient (Wildman–Crippen LogP) is 5.27. The largest absolute Gasteiger partial charge is 0.419 e. The summed E-state index contributed by atoms with van der Waals surface area (Å²) in [6, 6.07) is 6.84. The zero-order valence-electron chi connectivity index (χ0n) is 14.7. The molecule has 0 aliphatic carbocycles. The van der Waals surface area contributed by atoms with Gasteiger partial charge in [-0.3, -0.25) is 0 Å². The lowest BCUT2D eigenvalue weighted by Gasteiger charge is -2.18. The van der Waals surface area contributed by atoms with Gasteiger partial charge in [-0.05, 0) is 24.3 Å². The molecule has 2 heterocycles. The van der Waals surface area contributed by atoms with Crippen molar-refractivity contribution >= 4 is 45.2 Å². The number of alkyl halides is 3. The van der Waals surface area contributed by atoms with Crippen molar-refractivity contribution in [2.75, 3.05) is 24.4 Å². The van der Waals surface area contributed by atoms with Crippen LogP contribution in [-0.2, 0) is 6.18 Å². The summed E-state index contributed by atoms with van der Waals surface area (Å²) < 4.78 is 54.7. The van der Waals surface area contributed by atoms with Crippen LogP contribution in [0.25, 0.3) is 21.9 Å². The molecule has 0 bridgehead atoms. The molecule has 0 aliphatic rings. The van der Waals surface area contributed by atoms with Crippen LogP contribution in [0.15, 0.2) is 36.5 Å². The first-order chi connectivity index (χ1) is 13.1. The van der Waals surface area contributed by atoms with Gasteiger partial charge in [0, 0.05) is 42.3 Å². The predicted molar refractivity (Wildman–Crippen MR) is 101 cm³/mol. The highest BCUT2D eigenvalue weighted by Gasteiger charge is 2.35. The van der Waals surface area contributed by atoms with Crippen LogP contribution in [0, 0.1) is 5.82 Å². The molecule has 0 saturated heterocycles. The summed E-state index contributed by atoms with van der Waals surface area (Å²) in [5.74, 6) is -1.12. The number of hydrogen-bond donors (Lipinski definition) is 2. The van der Waals surface area contributed by atoms with Gasteiger partial charge in [0.1, 0.15) is 5.82 Å². The quantitative estimate of drug-likeness (QED) is 0.451. The number of H-pyrrole nitrogens is 1. The van der Waals surface area contributed by atoms with E-state index in [0.717, 1.165) is 17.0 Å². The number of nitrogens with zero attached hydrogens (tertiary/aromatic N) is 3. The molecule has 2 aromatic carbocycles. The van der Waals surface area contributed by atoms with Gasteiger partial charge in [0.05, 0.1) is 22.3 Å². The highest BCUT2D eigenvalue weighted by molar-refractivity contribution is 6.31. The van der Waals surface area contributed by atoms with E-state index in [-0.39, 0.29) is 17.0 Å². The highest BCUT2D eigenvalue weighted by Crippen LogP contribution is 2.35. The molecular formula is C18H14ClF4N5. The number of anilines is 2. The Hall–Kier alpha value is -2.94. The fourth-order valence-electron chi connectivity index (χ4n) is 3.11. The number of hydrogen-bond acceptors (Lipinski definition) is 3. The molecule has 28 heavy (non-hydrogen) atoms. The maximum absolute atomic E-state index is 14.1. The Balaban J connectivity index is 1.88. The standard InChI is InChI=1S/C18H14ClF4N5/c1-27(2)28-16-7-12(20)11(18(21,22)23)6-14(16)25-17(28)26-15-8-24-13-4-3-9(19)5-10(13)15/h3-8,24H,1-2H3,(H,25,26). The van der Waals surface area contributed by atoms with Gasteiger partial charge >= 0.3 is 6.18 Å². The van der Waals surface area contributed by atoms with Crippen LogP contribution >= 0.6 is 11.6 Å². The van der Waals surface area contributed by atoms with Crippen molar-refractivity contribution < 1.29 is 17.6 Å². The molecule has 2 N–H and O–H groups in total. The second-order valence-electron chi connectivity index (χ2n) is 6.43. The first kappa shape index (κ1) is 18.4. The third-order valence-corrected chi connectivity index (χ3v) is 4.55. The molecule has 4 rings (SSSR count). The van der Waals surface area contributed by atoms with E-state index >= 15 is 0 Å². The van der Waals surface area contributed by atoms with Crippen molar-refractivity contribution in [1.29, 1.82) is 0 Å². The Kier molecular flexibility index (Phi) is 4.15. The number of fused-ring (bicyclic) bond motifs is 2. The van der Waals surface area contributed by atoms with Crippen LogP contribution in [-0.4, -0.2) is 28.7 Å². The van der Waals surface area contributed by atoms with Crippen molar-refractivity contribution in [1.82, 2.24) is 14.6 Å². The van der Waals surface area contributed by atoms with Gasteiger partial charge in [-0.1, -0.05) is 11.6 Å². The van der Waals surface area contributed by atoms with E-state index in [9.17, 15) is 17.6 Å². The second kappa shape index (κ2) is 6.30. The van der Waals surface area contributed by atoms with E-state index < -0.39 is 17.6 Å². The molecule has 0 fully saturated rings. The summed E-state index contributed by atoms with van der Waals surface area (Å²) in [6.07, 6.45) is -3.11. The first-order valence-corrected chi connectivity index (χ1v) is 8.53. The molecule has 0 amide bonds. The Morgan fingerprint density at radius 1 is 1.18 bits per heavy atom. The fourth-order valence-corrected chi connectivity index (χ4v) is 3.28. The van der Waals surface area contributed by atoms with Crippen LogP contribution in [0.3, 0.4) is 0 Å². The van der Waals surface area contributed by atoms with Crippen molar-refractivity contribution in [2.45, 2.75) is 6.18 Å². The lowest BCUT2D eigenvalue weighted by atomic mass is 10.2. The van der Waals surface area contributed by atoms with Gasteiger partial charge in [0.2, 0.25) is 5.95 Å². The number of aromatic amines is 1. The van der Waals surface area contributed by atoms with Crippen LogP contribution in [0.5, 0.6) is 0 Å². The molecule has 0 aliphatic heterocycles. The van der Waals surface area contributed by atoms with Gasteiger partial charge in [0.15, 0.2) is 0 Å². The second-order valence-corrected chi connectivity index (χ2v) is 6.87. The van der Waals surface area contributed by atoms with E-state index in [0.29, 0.717) is 16.8 Å². The summed E-state index contributed by atoms with van der Waals surface area (Å²) in [7, 11) is 3.35. The molecule has 146 valence electrons. The van der Waals surface area contributed by atoms with E-state index in [1.165, 1.54) is 4.68 Å². The zero-order chi connectivity index (χ0) is 20.2. The summed E-state index contributed by atoms with van der Waals surface area (Å²) in [5.41, 5.74) is 0.324. The Morgan fingerprint density at radius 3 is 2.61 bits per heavy atom. The Labute approximate surface area is 161 Å². The van der Waals surface area contributed by atoms with Gasteiger partial charge in [-0.25, -0.2) is 14.1 Å². The molecule has 4 aromatic rings. The minimum Gasteiger partial charge on any atom is -0.359 e. The van der Waals surface area contributed by atoms with Crippen molar-refractivity contribution in [2.24, 2.45) is 0 Å². The van der Waals surface area contributed by atoms with Gasteiger partial charge < -0.3 is 15.3 Å². The number of aromatic nitrogens is 3. The SMILES string of the molecule is CN(C)n1c(Nc2c[nH]c3ccc(Cl)cc23)nc2cc(C(F)(F)F)c(F)cc21. The third kappa shape index (κ3) is 3.01. The van der Waals surface area contributed by atoms with Crippen LogP contribution < -0.4 is 10.3 Å². The third-order valence-electron chi connectivity index (χ3n) is 4.32. The number of benzene rings is 2. The van der Waals surface area contributed by atoms with Crippen LogP contribution in [0.2, 0.25) is 5.02 Å². The molecule has 0 saturated carbocycles. The Morgan fingerprint density at radius 2 is 1.93 bits per heavy atom. The minimum atomic E-state index is -4.80. The zero-order valence-corrected chi connectivity index (χ0v) is 15.5. The molecule has 5 nitrogen and oxygen atoms in total. The highest BCUT2D eigenvalue weighted by atomic mass is 35.5. The maximum atomic E-state index is 14.1. The van der Waals surface area contributed by atoms with Gasteiger partial charge in [0.25, 0.3) is 0 Å². The maximum Gasteiger partial charge on any atom is 0.419 e. The first-order valence-electron chi connectivity index (χ1n) is 8.15. The summed E-state index contributed by atoms with van der Waals surface area (Å²) in [5, 5.41) is 6.00. The van der Waals surface area contributed by atoms with Crippen LogP contribution in [0.4, 0.5) is 29.2 Å². The minimum absolute atomic E-state index is 0.0165. The van der Waals surface area contributed by atoms with Gasteiger partial charge in [-0.15, -0.1) is 0 Å². The smallest absolute Gasteiger partial charge is 0.359 e. The van der Waals surface area contributed by atoms with Crippen LogP contribution in [0.1, 0.15) is 5.56 Å². The summed E-state index contributed by atoms with van der Waals surface area (Å²) >= 11 is 6.06. The number of imidazole rings is 1. The van der Waals surface area contributed by atoms with Crippen molar-refractivity contribution in [3.63, 3.8) is 0 Å². The van der Waals surface area contributed by atoms with Crippen molar-refractivity contribution in [3.05, 3.63) is 52.9 Å². The average Bonchev–Trinajstić information content (AvgIpc) is 3.14. The number of nitrogens with one attached hydrogen (secondary N) is 2. The number of halogens is 5. The molecule has 10 heteroatoms. The van der Waals surface area contributed by atoms with E-state index in [4.69, 9.17) is 11.6 Å². The van der Waals surface area contributed by atoms with Crippen molar-refractivity contribution in [3.8, 4) is 0 Å². The van der Waals surface area contributed by atoms with E-state index in [2.05, 4.69) is 15.3 Å². The molecule has 2 aromatic heterocycles. The van der Waals surface area contributed by atoms with Gasteiger partial charge in [-0.2, -0.15) is 13.2 Å². The van der Waals surface area contributed by atoms with E-state index in [1.54, 1.807) is 37.4 Å². The molecule has 0 unspecified atom stereocenters. The molecule has 0 spiro atoms. The summed E-state index contributed by atoms with van der Waals surface area (Å²) in [4.78, 5) is 7.33. The topological polar surface area (TPSA) is 48.9 Å². The summed E-state index contributed by atoms with van der Waals surface area (Å²) in [6.45, 7) is 0. The average molecular weight is 412 g/mol. The molecular weight excluding hydrogens is 398 g/mol. The fraction of sp³-hybridized carbons (Fsp3) is 0.167. The van der Waals surface area contributed by atoms with E-state index in [1.807, 2.05) is 6.07 Å². The number of rotatable bonds is 3. The molecule has 0 atom stereocenters. The lowest BCUT2D eigenvalue weighted by Crippen LogP contribution is -2.26. The monoisotopic (exact) mass is 411 g/mol.